The van der Waals surface area contributed by atoms with Gasteiger partial charge in [0.25, 0.3) is 0 Å². The summed E-state index contributed by atoms with van der Waals surface area (Å²) in [5.74, 6) is 2.06. The summed E-state index contributed by atoms with van der Waals surface area (Å²) in [4.78, 5) is 2.66. The summed E-state index contributed by atoms with van der Waals surface area (Å²) in [7, 11) is 4.61. The minimum absolute atomic E-state index is 0.00976. The van der Waals surface area contributed by atoms with Crippen LogP contribution in [0, 0.1) is 5.41 Å². The zero-order valence-electron chi connectivity index (χ0n) is 19.5. The van der Waals surface area contributed by atoms with Gasteiger partial charge in [0.2, 0.25) is 0 Å². The van der Waals surface area contributed by atoms with Crippen LogP contribution in [0.15, 0.2) is 42.5 Å². The molecule has 31 heavy (non-hydrogen) atoms. The lowest BCUT2D eigenvalue weighted by Crippen LogP contribution is -2.74. The molecular weight excluding hydrogens is 380 g/mol. The average Bonchev–Trinajstić information content (AvgIpc) is 3.20. The highest BCUT2D eigenvalue weighted by Gasteiger charge is 2.77. The molecule has 1 spiro atoms. The Bertz CT molecular complexity index is 1290. The van der Waals surface area contributed by atoms with Gasteiger partial charge in [0.05, 0.1) is 11.1 Å². The summed E-state index contributed by atoms with van der Waals surface area (Å²) in [6.07, 6.45) is 1.15. The molecule has 3 nitrogen and oxygen atoms in total. The molecule has 2 aliphatic carbocycles. The van der Waals surface area contributed by atoms with Crippen LogP contribution in [0.3, 0.4) is 0 Å². The van der Waals surface area contributed by atoms with Crippen molar-refractivity contribution in [1.29, 1.82) is 0 Å². The maximum atomic E-state index is 7.16. The fourth-order valence-electron chi connectivity index (χ4n) is 9.31. The molecule has 0 N–H and O–H groups in total. The van der Waals surface area contributed by atoms with Gasteiger partial charge in [-0.25, -0.2) is 0 Å². The molecule has 2 bridgehead atoms. The van der Waals surface area contributed by atoms with E-state index >= 15 is 0 Å². The van der Waals surface area contributed by atoms with E-state index in [2.05, 4.69) is 93.7 Å². The van der Waals surface area contributed by atoms with Gasteiger partial charge in [-0.1, -0.05) is 51.1 Å². The van der Waals surface area contributed by atoms with Crippen molar-refractivity contribution >= 4 is 10.9 Å². The number of aryl methyl sites for hydroxylation is 1. The van der Waals surface area contributed by atoms with Gasteiger partial charge in [0, 0.05) is 35.0 Å². The number of fused-ring (bicyclic) bond motifs is 4. The number of piperidine rings is 1. The zero-order chi connectivity index (χ0) is 21.5. The highest BCUT2D eigenvalue weighted by Crippen LogP contribution is 2.77. The van der Waals surface area contributed by atoms with Crippen molar-refractivity contribution in [2.45, 2.75) is 63.0 Å². The molecule has 4 aliphatic rings. The van der Waals surface area contributed by atoms with Crippen molar-refractivity contribution < 1.29 is 4.74 Å². The first-order chi connectivity index (χ1) is 14.8. The Morgan fingerprint density at radius 3 is 2.58 bits per heavy atom. The summed E-state index contributed by atoms with van der Waals surface area (Å²) in [5, 5.41) is 1.41. The molecule has 1 fully saturated rings. The van der Waals surface area contributed by atoms with Crippen molar-refractivity contribution in [3.05, 3.63) is 64.8 Å². The number of likely N-dealkylation sites (N-methyl/N-ethyl adjacent to an activating group) is 1. The number of rotatable bonds is 0. The molecule has 1 aromatic heterocycles. The molecule has 4 unspecified atom stereocenters. The maximum Gasteiger partial charge on any atom is 0.157 e. The topological polar surface area (TPSA) is 17.4 Å². The lowest BCUT2D eigenvalue weighted by molar-refractivity contribution is -0.153. The van der Waals surface area contributed by atoms with Gasteiger partial charge in [-0.05, 0) is 62.0 Å². The summed E-state index contributed by atoms with van der Waals surface area (Å²) >= 11 is 0. The largest absolute Gasteiger partial charge is 0.480 e. The number of benzene rings is 2. The Labute approximate surface area is 185 Å². The van der Waals surface area contributed by atoms with Crippen molar-refractivity contribution in [3.63, 3.8) is 0 Å². The van der Waals surface area contributed by atoms with E-state index in [1.54, 1.807) is 0 Å². The Balaban J connectivity index is 1.71. The SMILES string of the molecule is CC1c2cccc3c2[C@]24CCN(C)[C@H]1C2(C)C(C)c1c(n(C)c2ccccc12)C4(C)O3. The van der Waals surface area contributed by atoms with Gasteiger partial charge in [-0.2, -0.15) is 0 Å². The molecule has 0 radical (unpaired) electrons. The molecule has 0 amide bonds. The Morgan fingerprint density at radius 2 is 1.77 bits per heavy atom. The number of nitrogens with zero attached hydrogens (tertiary/aromatic N) is 2. The second-order valence-corrected chi connectivity index (χ2v) is 11.1. The van der Waals surface area contributed by atoms with Crippen LogP contribution in [0.5, 0.6) is 5.75 Å². The van der Waals surface area contributed by atoms with Crippen LogP contribution in [0.25, 0.3) is 10.9 Å². The molecule has 2 aromatic carbocycles. The quantitative estimate of drug-likeness (QED) is 0.473. The molecule has 0 saturated carbocycles. The summed E-state index contributed by atoms with van der Waals surface area (Å²) in [6.45, 7) is 11.1. The van der Waals surface area contributed by atoms with E-state index in [-0.39, 0.29) is 16.4 Å². The van der Waals surface area contributed by atoms with E-state index in [1.807, 2.05) is 0 Å². The third-order valence-corrected chi connectivity index (χ3v) is 10.4. The molecule has 160 valence electrons. The maximum absolute atomic E-state index is 7.16. The molecule has 2 aliphatic heterocycles. The van der Waals surface area contributed by atoms with Crippen LogP contribution in [-0.2, 0) is 18.1 Å². The molecule has 3 heteroatoms. The zero-order valence-corrected chi connectivity index (χ0v) is 19.5. The van der Waals surface area contributed by atoms with E-state index in [4.69, 9.17) is 4.74 Å². The van der Waals surface area contributed by atoms with Crippen LogP contribution in [0.4, 0.5) is 0 Å². The molecule has 6 atom stereocenters. The van der Waals surface area contributed by atoms with Crippen LogP contribution < -0.4 is 4.74 Å². The number of hydrogen-bond donors (Lipinski definition) is 0. The first kappa shape index (κ1) is 18.3. The highest BCUT2D eigenvalue weighted by molar-refractivity contribution is 5.88. The van der Waals surface area contributed by atoms with Crippen LogP contribution in [0.2, 0.25) is 0 Å². The smallest absolute Gasteiger partial charge is 0.157 e. The van der Waals surface area contributed by atoms with Crippen molar-refractivity contribution in [2.75, 3.05) is 13.6 Å². The first-order valence-electron chi connectivity index (χ1n) is 11.9. The lowest BCUT2D eigenvalue weighted by atomic mass is 9.37. The Morgan fingerprint density at radius 1 is 1.00 bits per heavy atom. The number of likely N-dealkylation sites (tertiary alicyclic amines) is 1. The number of hydrogen-bond acceptors (Lipinski definition) is 2. The third kappa shape index (κ3) is 1.58. The monoisotopic (exact) mass is 412 g/mol. The number of aromatic nitrogens is 1. The first-order valence-corrected chi connectivity index (χ1v) is 11.9. The molecule has 1 saturated heterocycles. The Kier molecular flexibility index (Phi) is 3.08. The van der Waals surface area contributed by atoms with Crippen molar-refractivity contribution in [1.82, 2.24) is 9.47 Å². The van der Waals surface area contributed by atoms with Gasteiger partial charge in [0.1, 0.15) is 5.75 Å². The number of para-hydroxylation sites is 1. The summed E-state index contributed by atoms with van der Waals surface area (Å²) < 4.78 is 9.61. The predicted molar refractivity (Wildman–Crippen MR) is 125 cm³/mol. The van der Waals surface area contributed by atoms with Gasteiger partial charge in [0.15, 0.2) is 5.60 Å². The molecule has 3 heterocycles. The second kappa shape index (κ2) is 5.20. The van der Waals surface area contributed by atoms with E-state index in [0.717, 1.165) is 18.7 Å². The lowest BCUT2D eigenvalue weighted by Gasteiger charge is -2.70. The standard InChI is InChI=1S/C28H32N2O/c1-16-18-11-9-13-21-23(18)28-14-15-29(5)24(16)26(28,3)17(2)22-19-10-7-8-12-20(19)30(6)25(22)27(28,4)31-21/h7-13,16-17,24H,14-15H2,1-6H3/t16?,17?,24-,26?,27?,28-/m1/s1. The predicted octanol–water partition coefficient (Wildman–Crippen LogP) is 5.67. The van der Waals surface area contributed by atoms with Gasteiger partial charge in [-0.15, -0.1) is 0 Å². The van der Waals surface area contributed by atoms with Gasteiger partial charge < -0.3 is 14.2 Å². The third-order valence-electron chi connectivity index (χ3n) is 10.4. The second-order valence-electron chi connectivity index (χ2n) is 11.1. The summed E-state index contributed by atoms with van der Waals surface area (Å²) in [6, 6.07) is 16.3. The average molecular weight is 413 g/mol. The summed E-state index contributed by atoms with van der Waals surface area (Å²) in [5.41, 5.74) is 7.00. The van der Waals surface area contributed by atoms with Crippen LogP contribution in [0.1, 0.15) is 68.3 Å². The van der Waals surface area contributed by atoms with E-state index < -0.39 is 0 Å². The normalized spacial score (nSPS) is 39.9. The van der Waals surface area contributed by atoms with E-state index in [0.29, 0.717) is 17.9 Å². The van der Waals surface area contributed by atoms with E-state index in [1.165, 1.54) is 33.3 Å². The highest BCUT2D eigenvalue weighted by atomic mass is 16.5. The minimum atomic E-state index is -0.366. The molecule has 7 rings (SSSR count). The van der Waals surface area contributed by atoms with E-state index in [9.17, 15) is 0 Å². The minimum Gasteiger partial charge on any atom is -0.480 e. The van der Waals surface area contributed by atoms with Gasteiger partial charge >= 0.3 is 0 Å². The van der Waals surface area contributed by atoms with Gasteiger partial charge in [-0.3, -0.25) is 0 Å². The number of ether oxygens (including phenoxy) is 1. The Hall–Kier alpha value is -2.26. The van der Waals surface area contributed by atoms with Crippen LogP contribution in [-0.4, -0.2) is 29.1 Å². The van der Waals surface area contributed by atoms with Crippen molar-refractivity contribution in [2.24, 2.45) is 12.5 Å². The molecular formula is C28H32N2O. The van der Waals surface area contributed by atoms with Crippen molar-refractivity contribution in [3.8, 4) is 5.75 Å². The molecule has 3 aromatic rings. The fourth-order valence-corrected chi connectivity index (χ4v) is 9.31. The fraction of sp³-hybridized carbons (Fsp3) is 0.500. The van der Waals surface area contributed by atoms with Crippen LogP contribution >= 0.6 is 0 Å².